The number of nitrogens with two attached hydrogens (primary N) is 1. The topological polar surface area (TPSA) is 52.3 Å². The highest BCUT2D eigenvalue weighted by atomic mass is 16.5. The third-order valence-corrected chi connectivity index (χ3v) is 2.40. The number of rotatable bonds is 4. The van der Waals surface area contributed by atoms with E-state index in [-0.39, 0.29) is 5.97 Å². The van der Waals surface area contributed by atoms with Gasteiger partial charge in [-0.2, -0.15) is 0 Å². The van der Waals surface area contributed by atoms with Crippen molar-refractivity contribution >= 4 is 5.97 Å². The van der Waals surface area contributed by atoms with E-state index < -0.39 is 6.04 Å². The van der Waals surface area contributed by atoms with Gasteiger partial charge < -0.3 is 10.5 Å². The Morgan fingerprint density at radius 3 is 2.75 bits per heavy atom. The van der Waals surface area contributed by atoms with Crippen molar-refractivity contribution in [3.05, 3.63) is 0 Å². The van der Waals surface area contributed by atoms with Crippen LogP contribution in [-0.2, 0) is 9.53 Å². The summed E-state index contributed by atoms with van der Waals surface area (Å²) in [5.41, 5.74) is 5.64. The Morgan fingerprint density at radius 1 is 1.67 bits per heavy atom. The zero-order valence-corrected chi connectivity index (χ0v) is 7.58. The molecule has 1 aliphatic carbocycles. The number of carbonyl (C=O) groups excluding carboxylic acids is 1. The molecule has 1 atom stereocenters. The van der Waals surface area contributed by atoms with Crippen molar-refractivity contribution in [2.45, 2.75) is 38.6 Å². The Balaban J connectivity index is 2.16. The Bertz CT molecular complexity index is 155. The molecule has 1 saturated carbocycles. The van der Waals surface area contributed by atoms with E-state index in [4.69, 9.17) is 10.5 Å². The molecular formula is C9H17NO2. The van der Waals surface area contributed by atoms with E-state index in [9.17, 15) is 4.79 Å². The average molecular weight is 171 g/mol. The highest BCUT2D eigenvalue weighted by molar-refractivity contribution is 5.75. The standard InChI is InChI=1S/C9H17NO2/c1-2-12-9(11)8(10)6-7-4-3-5-7/h7-8H,2-6,10H2,1H3/t8-/m0/s1. The molecule has 70 valence electrons. The average Bonchev–Trinajstić information content (AvgIpc) is 1.97. The summed E-state index contributed by atoms with van der Waals surface area (Å²) in [7, 11) is 0. The predicted octanol–water partition coefficient (Wildman–Crippen LogP) is 1.07. The van der Waals surface area contributed by atoms with Crippen LogP contribution < -0.4 is 5.73 Å². The van der Waals surface area contributed by atoms with Gasteiger partial charge in [-0.05, 0) is 19.3 Å². The molecule has 0 amide bonds. The minimum absolute atomic E-state index is 0.246. The van der Waals surface area contributed by atoms with Gasteiger partial charge in [-0.3, -0.25) is 4.79 Å². The molecular weight excluding hydrogens is 154 g/mol. The number of carbonyl (C=O) groups is 1. The van der Waals surface area contributed by atoms with Gasteiger partial charge in [0.2, 0.25) is 0 Å². The van der Waals surface area contributed by atoms with Crippen LogP contribution in [0.15, 0.2) is 0 Å². The van der Waals surface area contributed by atoms with Gasteiger partial charge in [-0.15, -0.1) is 0 Å². The smallest absolute Gasteiger partial charge is 0.322 e. The van der Waals surface area contributed by atoms with Crippen molar-refractivity contribution in [1.29, 1.82) is 0 Å². The molecule has 1 fully saturated rings. The fourth-order valence-electron chi connectivity index (χ4n) is 1.43. The SMILES string of the molecule is CCOC(=O)[C@@H](N)CC1CCC1. The molecule has 12 heavy (non-hydrogen) atoms. The lowest BCUT2D eigenvalue weighted by Gasteiger charge is -2.27. The number of ether oxygens (including phenoxy) is 1. The Kier molecular flexibility index (Phi) is 3.53. The lowest BCUT2D eigenvalue weighted by molar-refractivity contribution is -0.145. The third-order valence-electron chi connectivity index (χ3n) is 2.40. The van der Waals surface area contributed by atoms with E-state index in [0.29, 0.717) is 12.5 Å². The number of hydrogen-bond donors (Lipinski definition) is 1. The summed E-state index contributed by atoms with van der Waals surface area (Å²) in [6.45, 7) is 2.23. The molecule has 0 aromatic heterocycles. The second kappa shape index (κ2) is 4.45. The van der Waals surface area contributed by atoms with E-state index in [1.54, 1.807) is 6.92 Å². The van der Waals surface area contributed by atoms with Gasteiger partial charge >= 0.3 is 5.97 Å². The van der Waals surface area contributed by atoms with Gasteiger partial charge in [0, 0.05) is 0 Å². The second-order valence-electron chi connectivity index (χ2n) is 3.39. The van der Waals surface area contributed by atoms with Gasteiger partial charge in [0.1, 0.15) is 6.04 Å². The van der Waals surface area contributed by atoms with Crippen molar-refractivity contribution in [1.82, 2.24) is 0 Å². The largest absolute Gasteiger partial charge is 0.465 e. The predicted molar refractivity (Wildman–Crippen MR) is 46.6 cm³/mol. The lowest BCUT2D eigenvalue weighted by atomic mass is 9.81. The number of hydrogen-bond acceptors (Lipinski definition) is 3. The summed E-state index contributed by atoms with van der Waals surface area (Å²) in [6.07, 6.45) is 4.55. The van der Waals surface area contributed by atoms with Crippen molar-refractivity contribution in [2.24, 2.45) is 11.7 Å². The highest BCUT2D eigenvalue weighted by Gasteiger charge is 2.24. The van der Waals surface area contributed by atoms with E-state index in [0.717, 1.165) is 6.42 Å². The van der Waals surface area contributed by atoms with Crippen LogP contribution in [0.2, 0.25) is 0 Å². The highest BCUT2D eigenvalue weighted by Crippen LogP contribution is 2.30. The molecule has 0 bridgehead atoms. The Morgan fingerprint density at radius 2 is 2.33 bits per heavy atom. The van der Waals surface area contributed by atoms with Crippen LogP contribution >= 0.6 is 0 Å². The van der Waals surface area contributed by atoms with Gasteiger partial charge in [0.25, 0.3) is 0 Å². The fraction of sp³-hybridized carbons (Fsp3) is 0.889. The van der Waals surface area contributed by atoms with Crippen LogP contribution in [-0.4, -0.2) is 18.6 Å². The van der Waals surface area contributed by atoms with Crippen LogP contribution in [0.4, 0.5) is 0 Å². The second-order valence-corrected chi connectivity index (χ2v) is 3.39. The third kappa shape index (κ3) is 2.48. The monoisotopic (exact) mass is 171 g/mol. The molecule has 1 aliphatic rings. The van der Waals surface area contributed by atoms with Crippen LogP contribution in [0, 0.1) is 5.92 Å². The molecule has 0 saturated heterocycles. The maximum atomic E-state index is 11.1. The van der Waals surface area contributed by atoms with E-state index >= 15 is 0 Å². The molecule has 3 nitrogen and oxygen atoms in total. The summed E-state index contributed by atoms with van der Waals surface area (Å²) in [5, 5.41) is 0. The normalized spacial score (nSPS) is 19.8. The van der Waals surface area contributed by atoms with Crippen molar-refractivity contribution < 1.29 is 9.53 Å². The van der Waals surface area contributed by atoms with Crippen LogP contribution in [0.5, 0.6) is 0 Å². The minimum atomic E-state index is -0.393. The summed E-state index contributed by atoms with van der Waals surface area (Å²) in [6, 6.07) is -0.393. The minimum Gasteiger partial charge on any atom is -0.465 e. The Hall–Kier alpha value is -0.570. The lowest BCUT2D eigenvalue weighted by Crippen LogP contribution is -2.35. The van der Waals surface area contributed by atoms with Gasteiger partial charge in [0.05, 0.1) is 6.61 Å². The first-order valence-electron chi connectivity index (χ1n) is 4.66. The number of esters is 1. The molecule has 0 unspecified atom stereocenters. The van der Waals surface area contributed by atoms with Crippen molar-refractivity contribution in [3.8, 4) is 0 Å². The van der Waals surface area contributed by atoms with Crippen molar-refractivity contribution in [2.75, 3.05) is 6.61 Å². The fourth-order valence-corrected chi connectivity index (χ4v) is 1.43. The molecule has 0 spiro atoms. The van der Waals surface area contributed by atoms with Crippen LogP contribution in [0.3, 0.4) is 0 Å². The molecule has 0 aliphatic heterocycles. The zero-order valence-electron chi connectivity index (χ0n) is 7.58. The molecule has 0 aromatic carbocycles. The quantitative estimate of drug-likeness (QED) is 0.644. The van der Waals surface area contributed by atoms with Crippen LogP contribution in [0.1, 0.15) is 32.6 Å². The first-order valence-corrected chi connectivity index (χ1v) is 4.66. The molecule has 0 radical (unpaired) electrons. The van der Waals surface area contributed by atoms with Gasteiger partial charge in [0.15, 0.2) is 0 Å². The molecule has 3 heteroatoms. The first-order chi connectivity index (χ1) is 5.74. The maximum Gasteiger partial charge on any atom is 0.322 e. The first kappa shape index (κ1) is 9.52. The molecule has 0 aromatic rings. The summed E-state index contributed by atoms with van der Waals surface area (Å²) >= 11 is 0. The molecule has 1 rings (SSSR count). The summed E-state index contributed by atoms with van der Waals surface area (Å²) in [4.78, 5) is 11.1. The van der Waals surface area contributed by atoms with E-state index in [2.05, 4.69) is 0 Å². The summed E-state index contributed by atoms with van der Waals surface area (Å²) < 4.78 is 4.81. The van der Waals surface area contributed by atoms with Crippen molar-refractivity contribution in [3.63, 3.8) is 0 Å². The Labute approximate surface area is 73.3 Å². The van der Waals surface area contributed by atoms with Gasteiger partial charge in [-0.25, -0.2) is 0 Å². The molecule has 2 N–H and O–H groups in total. The zero-order chi connectivity index (χ0) is 8.97. The summed E-state index contributed by atoms with van der Waals surface area (Å²) in [5.74, 6) is 0.425. The van der Waals surface area contributed by atoms with Crippen LogP contribution in [0.25, 0.3) is 0 Å². The van der Waals surface area contributed by atoms with E-state index in [1.807, 2.05) is 0 Å². The van der Waals surface area contributed by atoms with Gasteiger partial charge in [-0.1, -0.05) is 19.3 Å². The van der Waals surface area contributed by atoms with E-state index in [1.165, 1.54) is 19.3 Å². The maximum absolute atomic E-state index is 11.1. The molecule has 0 heterocycles.